The number of nitrogens with one attached hydrogen (secondary N) is 1. The normalized spacial score (nSPS) is 12.5. The van der Waals surface area contributed by atoms with Crippen molar-refractivity contribution < 1.29 is 23.6 Å². The van der Waals surface area contributed by atoms with Crippen LogP contribution in [0.15, 0.2) is 22.9 Å². The number of rotatable bonds is 8. The minimum atomic E-state index is -0.608. The molecule has 0 radical (unpaired) electrons. The Kier molecular flexibility index (Phi) is 7.54. The molecule has 30 heavy (non-hydrogen) atoms. The largest absolute Gasteiger partial charge is 0.449 e. The highest BCUT2D eigenvalue weighted by Crippen LogP contribution is 2.37. The lowest BCUT2D eigenvalue weighted by atomic mass is 10.1. The highest BCUT2D eigenvalue weighted by molar-refractivity contribution is 6.13. The third kappa shape index (κ3) is 4.28. The van der Waals surface area contributed by atoms with Crippen molar-refractivity contribution in [2.75, 3.05) is 25.7 Å². The quantitative estimate of drug-likeness (QED) is 0.497. The number of allylic oxidation sites excluding steroid dienone is 1. The van der Waals surface area contributed by atoms with Crippen LogP contribution in [0.5, 0.6) is 0 Å². The van der Waals surface area contributed by atoms with Gasteiger partial charge in [-0.1, -0.05) is 6.92 Å². The maximum absolute atomic E-state index is 12.9. The van der Waals surface area contributed by atoms with Crippen molar-refractivity contribution in [1.29, 1.82) is 5.41 Å². The molecular formula is C20H27N5O5. The Hall–Kier alpha value is -3.40. The lowest BCUT2D eigenvalue weighted by Crippen LogP contribution is -2.40. The van der Waals surface area contributed by atoms with Gasteiger partial charge in [0.2, 0.25) is 5.76 Å². The van der Waals surface area contributed by atoms with Gasteiger partial charge in [0.25, 0.3) is 0 Å². The number of ether oxygens (including phenoxy) is 1. The van der Waals surface area contributed by atoms with Crippen molar-refractivity contribution in [1.82, 2.24) is 10.0 Å². The molecule has 2 aromatic rings. The molecule has 0 saturated heterocycles. The van der Waals surface area contributed by atoms with Gasteiger partial charge in [-0.15, -0.1) is 0 Å². The van der Waals surface area contributed by atoms with E-state index in [-0.39, 0.29) is 24.1 Å². The Balaban J connectivity index is 2.86. The average Bonchev–Trinajstić information content (AvgIpc) is 3.12. The molecule has 1 unspecified atom stereocenters. The van der Waals surface area contributed by atoms with E-state index in [9.17, 15) is 9.59 Å². The molecule has 0 aromatic carbocycles. The smallest absolute Gasteiger partial charge is 0.414 e. The van der Waals surface area contributed by atoms with Crippen LogP contribution in [0.3, 0.4) is 0 Å². The predicted molar refractivity (Wildman–Crippen MR) is 113 cm³/mol. The number of pyridine rings is 1. The van der Waals surface area contributed by atoms with Crippen molar-refractivity contribution in [2.45, 2.75) is 33.2 Å². The van der Waals surface area contributed by atoms with E-state index < -0.39 is 12.0 Å². The van der Waals surface area contributed by atoms with E-state index in [1.807, 2.05) is 13.8 Å². The zero-order valence-electron chi connectivity index (χ0n) is 17.8. The summed E-state index contributed by atoms with van der Waals surface area (Å²) < 4.78 is 11.0. The first kappa shape index (κ1) is 22.9. The summed E-state index contributed by atoms with van der Waals surface area (Å²) in [4.78, 5) is 36.4. The summed E-state index contributed by atoms with van der Waals surface area (Å²) in [6.45, 7) is 5.63. The number of hydrogen-bond donors (Lipinski definition) is 2. The fourth-order valence-corrected chi connectivity index (χ4v) is 2.83. The van der Waals surface area contributed by atoms with Gasteiger partial charge in [-0.2, -0.15) is 0 Å². The van der Waals surface area contributed by atoms with Crippen LogP contribution in [-0.2, 0) is 9.57 Å². The lowest BCUT2D eigenvalue weighted by Gasteiger charge is -2.28. The molecule has 10 nitrogen and oxygen atoms in total. The Bertz CT molecular complexity index is 968. The van der Waals surface area contributed by atoms with Gasteiger partial charge in [-0.25, -0.2) is 9.86 Å². The van der Waals surface area contributed by atoms with Crippen molar-refractivity contribution in [3.8, 4) is 0 Å². The SMILES string of the molecule is CCOC(=O)N(c1c(C(=O)N(C)OC)oc2cnc(/C(C=N)=C/N)cc12)C(C)CC. The van der Waals surface area contributed by atoms with Crippen LogP contribution < -0.4 is 10.6 Å². The predicted octanol–water partition coefficient (Wildman–Crippen LogP) is 3.17. The van der Waals surface area contributed by atoms with Crippen LogP contribution in [0.1, 0.15) is 43.4 Å². The number of fused-ring (bicyclic) bond motifs is 1. The van der Waals surface area contributed by atoms with E-state index >= 15 is 0 Å². The van der Waals surface area contributed by atoms with E-state index in [2.05, 4.69) is 4.98 Å². The molecule has 0 bridgehead atoms. The standard InChI is InChI=1S/C20H27N5O5/c1-6-12(3)25(20(27)29-7-2)17-14-8-15(13(9-21)10-22)23-11-16(14)30-18(17)19(26)24(4)28-5/h8-12,21H,6-7,22H2,1-5H3/b13-10+,21-9?. The molecule has 0 aliphatic heterocycles. The second-order valence-corrected chi connectivity index (χ2v) is 6.42. The molecule has 1 atom stereocenters. The molecule has 2 amide bonds. The first-order valence-corrected chi connectivity index (χ1v) is 9.47. The van der Waals surface area contributed by atoms with Crippen molar-refractivity contribution >= 4 is 40.4 Å². The maximum atomic E-state index is 12.9. The van der Waals surface area contributed by atoms with Gasteiger partial charge in [0.15, 0.2) is 5.58 Å². The summed E-state index contributed by atoms with van der Waals surface area (Å²) in [6.07, 6.45) is 3.74. The molecule has 0 aliphatic rings. The third-order valence-corrected chi connectivity index (χ3v) is 4.67. The van der Waals surface area contributed by atoms with Crippen LogP contribution in [-0.4, -0.2) is 55.1 Å². The van der Waals surface area contributed by atoms with Gasteiger partial charge < -0.3 is 20.3 Å². The van der Waals surface area contributed by atoms with Crippen molar-refractivity contribution in [2.24, 2.45) is 5.73 Å². The van der Waals surface area contributed by atoms with Gasteiger partial charge >= 0.3 is 12.0 Å². The second kappa shape index (κ2) is 9.88. The number of hydrogen-bond acceptors (Lipinski definition) is 8. The van der Waals surface area contributed by atoms with Gasteiger partial charge in [0.05, 0.1) is 25.6 Å². The molecule has 2 aromatic heterocycles. The van der Waals surface area contributed by atoms with Crippen LogP contribution in [0, 0.1) is 5.41 Å². The summed E-state index contributed by atoms with van der Waals surface area (Å²) in [7, 11) is 2.78. The first-order valence-electron chi connectivity index (χ1n) is 9.47. The van der Waals surface area contributed by atoms with E-state index in [1.54, 1.807) is 13.0 Å². The average molecular weight is 417 g/mol. The fourth-order valence-electron chi connectivity index (χ4n) is 2.83. The topological polar surface area (TPSA) is 135 Å². The van der Waals surface area contributed by atoms with E-state index in [0.29, 0.717) is 28.7 Å². The minimum Gasteiger partial charge on any atom is -0.449 e. The van der Waals surface area contributed by atoms with E-state index in [4.69, 9.17) is 25.1 Å². The zero-order chi connectivity index (χ0) is 22.4. The molecule has 2 heterocycles. The monoisotopic (exact) mass is 417 g/mol. The van der Waals surface area contributed by atoms with Crippen LogP contribution in [0.4, 0.5) is 10.5 Å². The molecule has 3 N–H and O–H groups in total. The number of aromatic nitrogens is 1. The minimum absolute atomic E-state index is 0.0882. The van der Waals surface area contributed by atoms with Crippen LogP contribution in [0.25, 0.3) is 16.5 Å². The number of nitrogens with zero attached hydrogens (tertiary/aromatic N) is 3. The summed E-state index contributed by atoms with van der Waals surface area (Å²) in [6, 6.07) is 1.32. The summed E-state index contributed by atoms with van der Waals surface area (Å²) in [5.74, 6) is -0.667. The number of nitrogens with two attached hydrogens (primary N) is 1. The molecule has 10 heteroatoms. The number of hydroxylamine groups is 2. The van der Waals surface area contributed by atoms with E-state index in [0.717, 1.165) is 11.3 Å². The van der Waals surface area contributed by atoms with Crippen molar-refractivity contribution in [3.05, 3.63) is 29.9 Å². The highest BCUT2D eigenvalue weighted by Gasteiger charge is 2.34. The number of carbonyl (C=O) groups is 2. The van der Waals surface area contributed by atoms with Gasteiger partial charge in [-0.3, -0.25) is 19.5 Å². The number of amides is 2. The molecular weight excluding hydrogens is 390 g/mol. The molecule has 162 valence electrons. The molecule has 0 spiro atoms. The highest BCUT2D eigenvalue weighted by atomic mass is 16.7. The number of carbonyl (C=O) groups excluding carboxylic acids is 2. The first-order chi connectivity index (χ1) is 14.3. The zero-order valence-corrected chi connectivity index (χ0v) is 17.8. The Morgan fingerprint density at radius 1 is 1.40 bits per heavy atom. The van der Waals surface area contributed by atoms with Crippen LogP contribution in [0.2, 0.25) is 0 Å². The summed E-state index contributed by atoms with van der Waals surface area (Å²) in [5, 5.41) is 8.98. The Labute approximate surface area is 174 Å². The Morgan fingerprint density at radius 2 is 2.10 bits per heavy atom. The van der Waals surface area contributed by atoms with Gasteiger partial charge in [-0.05, 0) is 26.3 Å². The fraction of sp³-hybridized carbons (Fsp3) is 0.400. The molecule has 0 aliphatic carbocycles. The Morgan fingerprint density at radius 3 is 2.63 bits per heavy atom. The van der Waals surface area contributed by atoms with Gasteiger partial charge in [0, 0.05) is 36.5 Å². The number of furan rings is 1. The maximum Gasteiger partial charge on any atom is 0.414 e. The summed E-state index contributed by atoms with van der Waals surface area (Å²) >= 11 is 0. The molecule has 2 rings (SSSR count). The molecule has 0 fully saturated rings. The lowest BCUT2D eigenvalue weighted by molar-refractivity contribution is -0.0771. The third-order valence-electron chi connectivity index (χ3n) is 4.67. The van der Waals surface area contributed by atoms with Crippen LogP contribution >= 0.6 is 0 Å². The van der Waals surface area contributed by atoms with Crippen molar-refractivity contribution in [3.63, 3.8) is 0 Å². The molecule has 0 saturated carbocycles. The second-order valence-electron chi connectivity index (χ2n) is 6.42. The number of anilines is 1. The summed E-state index contributed by atoms with van der Waals surface area (Å²) in [5.41, 5.74) is 6.90. The van der Waals surface area contributed by atoms with E-state index in [1.165, 1.54) is 31.5 Å². The van der Waals surface area contributed by atoms with Gasteiger partial charge in [0.1, 0.15) is 5.69 Å².